The quantitative estimate of drug-likeness (QED) is 0.501. The van der Waals surface area contributed by atoms with Crippen LogP contribution >= 0.6 is 29.3 Å². The van der Waals surface area contributed by atoms with Gasteiger partial charge in [0.1, 0.15) is 0 Å². The molecule has 0 N–H and O–H groups in total. The molecular formula is C8H18NaOPS2. The van der Waals surface area contributed by atoms with E-state index in [9.17, 15) is 4.89 Å². The van der Waals surface area contributed by atoms with Crippen molar-refractivity contribution in [2.45, 2.75) is 27.7 Å². The van der Waals surface area contributed by atoms with E-state index in [1.165, 1.54) is 0 Å². The van der Waals surface area contributed by atoms with Gasteiger partial charge < -0.3 is 4.89 Å². The van der Waals surface area contributed by atoms with E-state index in [0.29, 0.717) is 11.8 Å². The SMILES string of the molecule is CC(C)CSP([O-])SCC(C)C.[Na+]. The Morgan fingerprint density at radius 2 is 1.31 bits per heavy atom. The van der Waals surface area contributed by atoms with Gasteiger partial charge in [-0.1, -0.05) is 34.2 Å². The summed E-state index contributed by atoms with van der Waals surface area (Å²) in [4.78, 5) is 11.3. The van der Waals surface area contributed by atoms with Crippen molar-refractivity contribution in [1.82, 2.24) is 0 Å². The largest absolute Gasteiger partial charge is 1.00 e. The van der Waals surface area contributed by atoms with Crippen molar-refractivity contribution in [3.05, 3.63) is 0 Å². The Morgan fingerprint density at radius 3 is 1.54 bits per heavy atom. The molecule has 5 heteroatoms. The van der Waals surface area contributed by atoms with E-state index >= 15 is 0 Å². The van der Waals surface area contributed by atoms with Crippen LogP contribution < -0.4 is 34.5 Å². The van der Waals surface area contributed by atoms with Gasteiger partial charge in [0, 0.05) is 0 Å². The van der Waals surface area contributed by atoms with Gasteiger partial charge in [0.15, 0.2) is 0 Å². The third-order valence-electron chi connectivity index (χ3n) is 1.03. The van der Waals surface area contributed by atoms with E-state index in [1.807, 2.05) is 0 Å². The monoisotopic (exact) mass is 248 g/mol. The molecule has 1 nitrogen and oxygen atoms in total. The molecule has 0 saturated heterocycles. The molecule has 0 saturated carbocycles. The van der Waals surface area contributed by atoms with Crippen LogP contribution in [0, 0.1) is 11.8 Å². The van der Waals surface area contributed by atoms with Crippen LogP contribution in [0.15, 0.2) is 0 Å². The van der Waals surface area contributed by atoms with E-state index in [0.717, 1.165) is 11.5 Å². The van der Waals surface area contributed by atoms with E-state index < -0.39 is 6.55 Å². The van der Waals surface area contributed by atoms with Crippen molar-refractivity contribution in [3.63, 3.8) is 0 Å². The van der Waals surface area contributed by atoms with Crippen molar-refractivity contribution in [3.8, 4) is 0 Å². The van der Waals surface area contributed by atoms with Gasteiger partial charge in [-0.3, -0.25) is 0 Å². The van der Waals surface area contributed by atoms with E-state index in [2.05, 4.69) is 27.7 Å². The Labute approximate surface area is 114 Å². The summed E-state index contributed by atoms with van der Waals surface area (Å²) >= 11 is 3.20. The van der Waals surface area contributed by atoms with Crippen LogP contribution in [0.1, 0.15) is 27.7 Å². The van der Waals surface area contributed by atoms with Crippen molar-refractivity contribution >= 4 is 29.3 Å². The maximum Gasteiger partial charge on any atom is 1.00 e. The van der Waals surface area contributed by atoms with E-state index in [-0.39, 0.29) is 29.6 Å². The molecular weight excluding hydrogens is 230 g/mol. The first-order valence-electron chi connectivity index (χ1n) is 4.25. The molecule has 0 spiro atoms. The minimum Gasteiger partial charge on any atom is -0.813 e. The molecule has 0 aromatic rings. The van der Waals surface area contributed by atoms with Crippen LogP contribution in [-0.4, -0.2) is 11.5 Å². The molecule has 0 aliphatic rings. The first-order valence-corrected chi connectivity index (χ1v) is 8.69. The van der Waals surface area contributed by atoms with Gasteiger partial charge in [-0.05, 0) is 23.3 Å². The van der Waals surface area contributed by atoms with Crippen LogP contribution in [0.3, 0.4) is 0 Å². The molecule has 0 heterocycles. The Kier molecular flexibility index (Phi) is 14.3. The second-order valence-electron chi connectivity index (χ2n) is 3.60. The van der Waals surface area contributed by atoms with Crippen LogP contribution in [0.4, 0.5) is 0 Å². The van der Waals surface area contributed by atoms with E-state index in [1.54, 1.807) is 22.8 Å². The molecule has 0 fully saturated rings. The van der Waals surface area contributed by atoms with Crippen molar-refractivity contribution in [2.75, 3.05) is 11.5 Å². The third kappa shape index (κ3) is 14.1. The van der Waals surface area contributed by atoms with Crippen molar-refractivity contribution in [1.29, 1.82) is 0 Å². The molecule has 0 aromatic heterocycles. The number of rotatable bonds is 6. The molecule has 0 amide bonds. The topological polar surface area (TPSA) is 23.1 Å². The first-order chi connectivity index (χ1) is 5.52. The summed E-state index contributed by atoms with van der Waals surface area (Å²) in [6.07, 6.45) is 0. The summed E-state index contributed by atoms with van der Waals surface area (Å²) in [7, 11) is 0. The Bertz CT molecular complexity index is 102. The fourth-order valence-corrected chi connectivity index (χ4v) is 5.88. The fourth-order valence-electron chi connectivity index (χ4n) is 0.457. The molecule has 0 atom stereocenters. The number of hydrogen-bond acceptors (Lipinski definition) is 3. The first kappa shape index (κ1) is 17.5. The van der Waals surface area contributed by atoms with Gasteiger partial charge in [0.2, 0.25) is 0 Å². The molecule has 13 heavy (non-hydrogen) atoms. The molecule has 0 aromatic carbocycles. The van der Waals surface area contributed by atoms with Gasteiger partial charge in [-0.25, -0.2) is 0 Å². The maximum absolute atomic E-state index is 11.3. The van der Waals surface area contributed by atoms with Crippen molar-refractivity contribution < 1.29 is 34.5 Å². The third-order valence-corrected chi connectivity index (χ3v) is 7.14. The van der Waals surface area contributed by atoms with Crippen LogP contribution in [-0.2, 0) is 0 Å². The van der Waals surface area contributed by atoms with Crippen LogP contribution in [0.2, 0.25) is 0 Å². The van der Waals surface area contributed by atoms with Gasteiger partial charge in [-0.2, -0.15) is 0 Å². The molecule has 0 bridgehead atoms. The van der Waals surface area contributed by atoms with Crippen LogP contribution in [0.25, 0.3) is 0 Å². The Morgan fingerprint density at radius 1 is 1.00 bits per heavy atom. The average molecular weight is 248 g/mol. The fraction of sp³-hybridized carbons (Fsp3) is 1.00. The number of hydrogen-bond donors (Lipinski definition) is 0. The zero-order valence-corrected chi connectivity index (χ0v) is 13.8. The predicted octanol–water partition coefficient (Wildman–Crippen LogP) is 0.356. The summed E-state index contributed by atoms with van der Waals surface area (Å²) < 4.78 is 0. The maximum atomic E-state index is 11.3. The smallest absolute Gasteiger partial charge is 0.813 e. The summed E-state index contributed by atoms with van der Waals surface area (Å²) in [6.45, 7) is 7.56. The molecule has 0 unspecified atom stereocenters. The minimum atomic E-state index is -1.06. The van der Waals surface area contributed by atoms with Gasteiger partial charge in [-0.15, -0.1) is 22.8 Å². The summed E-state index contributed by atoms with van der Waals surface area (Å²) in [6, 6.07) is 0. The minimum absolute atomic E-state index is 0. The summed E-state index contributed by atoms with van der Waals surface area (Å²) in [5, 5.41) is 0. The summed E-state index contributed by atoms with van der Waals surface area (Å²) in [5.41, 5.74) is 0. The Hall–Kier alpha value is 2.09. The molecule has 0 rings (SSSR count). The molecule has 0 aliphatic heterocycles. The average Bonchev–Trinajstić information content (AvgIpc) is 1.96. The molecule has 74 valence electrons. The normalized spacial score (nSPS) is 11.1. The second kappa shape index (κ2) is 10.6. The Balaban J connectivity index is 0. The zero-order valence-electron chi connectivity index (χ0n) is 9.24. The van der Waals surface area contributed by atoms with Crippen LogP contribution in [0.5, 0.6) is 0 Å². The molecule has 0 radical (unpaired) electrons. The predicted molar refractivity (Wildman–Crippen MR) is 61.5 cm³/mol. The van der Waals surface area contributed by atoms with Gasteiger partial charge in [0.05, 0.1) is 0 Å². The van der Waals surface area contributed by atoms with E-state index in [4.69, 9.17) is 0 Å². The standard InChI is InChI=1S/C8H18OPS2.Na/c1-7(2)5-11-10(9)12-6-8(3)4;/h7-8H,5-6H2,1-4H3;/q-1;+1. The second-order valence-corrected chi connectivity index (χ2v) is 9.47. The zero-order chi connectivity index (χ0) is 9.56. The molecule has 0 aliphatic carbocycles. The summed E-state index contributed by atoms with van der Waals surface area (Å²) in [5.74, 6) is 3.32. The van der Waals surface area contributed by atoms with Gasteiger partial charge in [0.25, 0.3) is 0 Å². The van der Waals surface area contributed by atoms with Crippen molar-refractivity contribution in [2.24, 2.45) is 11.8 Å². The van der Waals surface area contributed by atoms with Gasteiger partial charge >= 0.3 is 29.6 Å².